The Hall–Kier alpha value is -0.310. The van der Waals surface area contributed by atoms with Crippen molar-refractivity contribution in [3.05, 3.63) is 12.7 Å². The Labute approximate surface area is 66.1 Å². The van der Waals surface area contributed by atoms with E-state index in [1.165, 1.54) is 6.08 Å². The number of hydrogen-bond donors (Lipinski definition) is 1. The molecule has 0 unspecified atom stereocenters. The summed E-state index contributed by atoms with van der Waals surface area (Å²) in [4.78, 5) is 10.3. The number of nitrogens with one attached hydrogen (secondary N) is 1. The van der Waals surface area contributed by atoms with Gasteiger partial charge in [-0.2, -0.15) is 0 Å². The maximum absolute atomic E-state index is 10.3. The fourth-order valence-corrected chi connectivity index (χ4v) is 0.320. The van der Waals surface area contributed by atoms with E-state index in [-0.39, 0.29) is 22.9 Å². The van der Waals surface area contributed by atoms with Gasteiger partial charge in [0.15, 0.2) is 0 Å². The number of amides is 1. The molecule has 0 saturated heterocycles. The third-order valence-electron chi connectivity index (χ3n) is 0.735. The molecule has 0 radical (unpaired) electrons. The van der Waals surface area contributed by atoms with Crippen molar-refractivity contribution >= 4 is 22.9 Å². The van der Waals surface area contributed by atoms with Crippen LogP contribution in [-0.4, -0.2) is 12.5 Å². The smallest absolute Gasteiger partial charge is 0.243 e. The fraction of sp³-hybridized carbons (Fsp3) is 0.500. The van der Waals surface area contributed by atoms with E-state index in [0.29, 0.717) is 0 Å². The molecule has 0 aliphatic carbocycles. The first-order valence-electron chi connectivity index (χ1n) is 2.71. The maximum atomic E-state index is 10.3. The van der Waals surface area contributed by atoms with Crippen LogP contribution in [0.2, 0.25) is 0 Å². The third kappa shape index (κ3) is 7.69. The molecule has 2 nitrogen and oxygen atoms in total. The molecule has 54 valence electrons. The molecule has 0 saturated carbocycles. The summed E-state index contributed by atoms with van der Waals surface area (Å²) in [6, 6.07) is 0. The Morgan fingerprint density at radius 1 is 1.78 bits per heavy atom. The molecule has 0 aromatic heterocycles. The monoisotopic (exact) mass is 193 g/mol. The molecule has 0 aromatic rings. The highest BCUT2D eigenvalue weighted by Crippen LogP contribution is 1.70. The lowest BCUT2D eigenvalue weighted by Crippen LogP contribution is -2.20. The average Bonchev–Trinajstić information content (AvgIpc) is 1.83. The largest absolute Gasteiger partial charge is 0.353 e. The van der Waals surface area contributed by atoms with E-state index in [1.807, 2.05) is 6.92 Å². The van der Waals surface area contributed by atoms with Gasteiger partial charge in [0.2, 0.25) is 5.91 Å². The van der Waals surface area contributed by atoms with Gasteiger partial charge in [0, 0.05) is 6.54 Å². The van der Waals surface area contributed by atoms with Crippen LogP contribution in [0.1, 0.15) is 13.3 Å². The van der Waals surface area contributed by atoms with Gasteiger partial charge in [-0.15, -0.1) is 17.0 Å². The van der Waals surface area contributed by atoms with Crippen LogP contribution < -0.4 is 5.32 Å². The quantitative estimate of drug-likeness (QED) is 0.673. The van der Waals surface area contributed by atoms with Crippen LogP contribution in [0, 0.1) is 0 Å². The van der Waals surface area contributed by atoms with Crippen LogP contribution in [0.3, 0.4) is 0 Å². The SMILES string of the molecule is Br.C=CC(=O)NCCC. The summed E-state index contributed by atoms with van der Waals surface area (Å²) in [5, 5.41) is 2.62. The van der Waals surface area contributed by atoms with E-state index in [9.17, 15) is 4.79 Å². The molecule has 0 atom stereocenters. The molecule has 0 aliphatic heterocycles. The van der Waals surface area contributed by atoms with Crippen LogP contribution in [0.4, 0.5) is 0 Å². The highest BCUT2D eigenvalue weighted by Gasteiger charge is 1.86. The topological polar surface area (TPSA) is 29.1 Å². The standard InChI is InChI=1S/C6H11NO.BrH/c1-3-5-7-6(8)4-2;/h4H,2-3,5H2,1H3,(H,7,8);1H. The van der Waals surface area contributed by atoms with Crippen molar-refractivity contribution in [2.45, 2.75) is 13.3 Å². The third-order valence-corrected chi connectivity index (χ3v) is 0.735. The number of carbonyl (C=O) groups is 1. The molecule has 0 aliphatic rings. The summed E-state index contributed by atoms with van der Waals surface area (Å²) in [6.07, 6.45) is 2.25. The van der Waals surface area contributed by atoms with Crippen molar-refractivity contribution < 1.29 is 4.79 Å². The first-order valence-corrected chi connectivity index (χ1v) is 2.71. The lowest BCUT2D eigenvalue weighted by Gasteiger charge is -1.94. The highest BCUT2D eigenvalue weighted by atomic mass is 79.9. The van der Waals surface area contributed by atoms with E-state index in [2.05, 4.69) is 11.9 Å². The lowest BCUT2D eigenvalue weighted by atomic mass is 10.4. The second kappa shape index (κ2) is 7.69. The summed E-state index contributed by atoms with van der Waals surface area (Å²) < 4.78 is 0. The van der Waals surface area contributed by atoms with Crippen molar-refractivity contribution in [2.75, 3.05) is 6.54 Å². The molecule has 0 aromatic carbocycles. The van der Waals surface area contributed by atoms with Crippen molar-refractivity contribution in [3.63, 3.8) is 0 Å². The molecule has 0 rings (SSSR count). The van der Waals surface area contributed by atoms with Gasteiger partial charge < -0.3 is 5.32 Å². The first kappa shape index (κ1) is 11.5. The normalized spacial score (nSPS) is 7.22. The summed E-state index contributed by atoms with van der Waals surface area (Å²) >= 11 is 0. The van der Waals surface area contributed by atoms with Gasteiger partial charge in [0.05, 0.1) is 0 Å². The predicted molar refractivity (Wildman–Crippen MR) is 43.8 cm³/mol. The minimum absolute atomic E-state index is 0. The van der Waals surface area contributed by atoms with Crippen LogP contribution in [0.25, 0.3) is 0 Å². The molecule has 0 fully saturated rings. The van der Waals surface area contributed by atoms with Gasteiger partial charge in [-0.1, -0.05) is 13.5 Å². The first-order chi connectivity index (χ1) is 3.81. The van der Waals surface area contributed by atoms with E-state index >= 15 is 0 Å². The van der Waals surface area contributed by atoms with Crippen LogP contribution in [0.15, 0.2) is 12.7 Å². The summed E-state index contributed by atoms with van der Waals surface area (Å²) in [5.41, 5.74) is 0. The van der Waals surface area contributed by atoms with E-state index in [1.54, 1.807) is 0 Å². The van der Waals surface area contributed by atoms with Crippen LogP contribution >= 0.6 is 17.0 Å². The second-order valence-corrected chi connectivity index (χ2v) is 1.50. The fourth-order valence-electron chi connectivity index (χ4n) is 0.320. The van der Waals surface area contributed by atoms with E-state index in [0.717, 1.165) is 13.0 Å². The Bertz CT molecular complexity index is 93.1. The van der Waals surface area contributed by atoms with E-state index < -0.39 is 0 Å². The molecule has 1 amide bonds. The molecule has 3 heteroatoms. The van der Waals surface area contributed by atoms with Gasteiger partial charge in [0.1, 0.15) is 0 Å². The van der Waals surface area contributed by atoms with Crippen molar-refractivity contribution in [1.82, 2.24) is 5.32 Å². The molecule has 0 bridgehead atoms. The zero-order chi connectivity index (χ0) is 6.41. The van der Waals surface area contributed by atoms with Crippen molar-refractivity contribution in [1.29, 1.82) is 0 Å². The Balaban J connectivity index is 0. The number of hydrogen-bond acceptors (Lipinski definition) is 1. The van der Waals surface area contributed by atoms with Gasteiger partial charge in [-0.25, -0.2) is 0 Å². The number of rotatable bonds is 3. The Kier molecular flexibility index (Phi) is 9.81. The molecular formula is C6H12BrNO. The second-order valence-electron chi connectivity index (χ2n) is 1.50. The van der Waals surface area contributed by atoms with Gasteiger partial charge in [0.25, 0.3) is 0 Å². The highest BCUT2D eigenvalue weighted by molar-refractivity contribution is 8.93. The minimum atomic E-state index is -0.0909. The average molecular weight is 194 g/mol. The van der Waals surface area contributed by atoms with Crippen molar-refractivity contribution in [3.8, 4) is 0 Å². The van der Waals surface area contributed by atoms with Crippen molar-refractivity contribution in [2.24, 2.45) is 0 Å². The lowest BCUT2D eigenvalue weighted by molar-refractivity contribution is -0.116. The number of halogens is 1. The summed E-state index contributed by atoms with van der Waals surface area (Å²) in [5.74, 6) is -0.0909. The summed E-state index contributed by atoms with van der Waals surface area (Å²) in [7, 11) is 0. The van der Waals surface area contributed by atoms with Crippen LogP contribution in [0.5, 0.6) is 0 Å². The summed E-state index contributed by atoms with van der Waals surface area (Å²) in [6.45, 7) is 6.05. The molecule has 0 spiro atoms. The molecule has 9 heavy (non-hydrogen) atoms. The molecular weight excluding hydrogens is 182 g/mol. The zero-order valence-electron chi connectivity index (χ0n) is 5.52. The van der Waals surface area contributed by atoms with Gasteiger partial charge in [-0.3, -0.25) is 4.79 Å². The van der Waals surface area contributed by atoms with Gasteiger partial charge in [-0.05, 0) is 12.5 Å². The predicted octanol–water partition coefficient (Wildman–Crippen LogP) is 1.28. The van der Waals surface area contributed by atoms with E-state index in [4.69, 9.17) is 0 Å². The Morgan fingerprint density at radius 3 is 2.67 bits per heavy atom. The minimum Gasteiger partial charge on any atom is -0.353 e. The number of carbonyl (C=O) groups excluding carboxylic acids is 1. The Morgan fingerprint density at radius 2 is 2.33 bits per heavy atom. The zero-order valence-corrected chi connectivity index (χ0v) is 7.23. The maximum Gasteiger partial charge on any atom is 0.243 e. The molecule has 1 N–H and O–H groups in total. The molecule has 0 heterocycles. The van der Waals surface area contributed by atoms with Gasteiger partial charge >= 0.3 is 0 Å². The van der Waals surface area contributed by atoms with Crippen LogP contribution in [-0.2, 0) is 4.79 Å².